The molecule has 3 fully saturated rings. The number of benzene rings is 1. The van der Waals surface area contributed by atoms with Gasteiger partial charge in [0.05, 0.1) is 49.1 Å². The van der Waals surface area contributed by atoms with Crippen LogP contribution in [-0.4, -0.2) is 86.3 Å². The summed E-state index contributed by atoms with van der Waals surface area (Å²) in [6.45, 7) is 9.44. The Kier molecular flexibility index (Phi) is 6.51. The third kappa shape index (κ3) is 4.00. The highest BCUT2D eigenvalue weighted by molar-refractivity contribution is 5.88. The van der Waals surface area contributed by atoms with E-state index in [0.29, 0.717) is 24.3 Å². The van der Waals surface area contributed by atoms with Gasteiger partial charge in [-0.25, -0.2) is 9.59 Å². The number of carbonyl (C=O) groups is 2. The van der Waals surface area contributed by atoms with Crippen LogP contribution in [0.3, 0.4) is 0 Å². The Morgan fingerprint density at radius 2 is 1.79 bits per heavy atom. The zero-order valence-electron chi connectivity index (χ0n) is 22.7. The zero-order chi connectivity index (χ0) is 27.5. The molecule has 3 aliphatic carbocycles. The summed E-state index contributed by atoms with van der Waals surface area (Å²) in [5.74, 6) is 0.785. The topological polar surface area (TPSA) is 104 Å². The van der Waals surface area contributed by atoms with Crippen LogP contribution in [-0.2, 0) is 35.6 Å². The summed E-state index contributed by atoms with van der Waals surface area (Å²) in [4.78, 5) is 26.3. The number of carbonyl (C=O) groups excluding carboxylic acids is 2. The van der Waals surface area contributed by atoms with Crippen LogP contribution in [0.25, 0.3) is 0 Å². The van der Waals surface area contributed by atoms with E-state index in [4.69, 9.17) is 23.7 Å². The molecule has 5 aliphatic rings. The van der Waals surface area contributed by atoms with Crippen molar-refractivity contribution in [3.05, 3.63) is 47.6 Å². The normalized spacial score (nSPS) is 32.0. The lowest BCUT2D eigenvalue weighted by Gasteiger charge is -2.64. The molecule has 0 amide bonds. The second-order valence-corrected chi connectivity index (χ2v) is 11.6. The van der Waals surface area contributed by atoms with E-state index in [9.17, 15) is 14.7 Å². The van der Waals surface area contributed by atoms with Gasteiger partial charge in [-0.15, -0.1) is 0 Å². The lowest BCUT2D eigenvalue weighted by Crippen LogP contribution is -2.77. The van der Waals surface area contributed by atoms with Crippen LogP contribution in [0.4, 0.5) is 0 Å². The van der Waals surface area contributed by atoms with E-state index < -0.39 is 29.1 Å². The molecule has 2 aliphatic heterocycles. The van der Waals surface area contributed by atoms with Crippen molar-refractivity contribution < 1.29 is 38.4 Å². The Labute approximate surface area is 228 Å². The van der Waals surface area contributed by atoms with Crippen molar-refractivity contribution >= 4 is 11.9 Å². The van der Waals surface area contributed by atoms with E-state index in [1.807, 2.05) is 6.07 Å². The van der Waals surface area contributed by atoms with Crippen LogP contribution in [0.1, 0.15) is 43.2 Å². The molecule has 1 aromatic rings. The van der Waals surface area contributed by atoms with Crippen molar-refractivity contribution in [1.29, 1.82) is 0 Å². The maximum atomic E-state index is 12.7. The van der Waals surface area contributed by atoms with Gasteiger partial charge in [0.2, 0.25) is 0 Å². The van der Waals surface area contributed by atoms with Crippen LogP contribution < -0.4 is 9.47 Å². The summed E-state index contributed by atoms with van der Waals surface area (Å²) in [7, 11) is 2.63. The van der Waals surface area contributed by atoms with E-state index >= 15 is 0 Å². The molecule has 9 heteroatoms. The van der Waals surface area contributed by atoms with Crippen molar-refractivity contribution in [3.8, 4) is 11.5 Å². The smallest absolute Gasteiger partial charge is 0.336 e. The predicted octanol–water partition coefficient (Wildman–Crippen LogP) is 2.47. The third-order valence-corrected chi connectivity index (χ3v) is 9.51. The van der Waals surface area contributed by atoms with Gasteiger partial charge >= 0.3 is 11.9 Å². The number of nitrogens with zero attached hydrogens (tertiary/aromatic N) is 1. The molecule has 1 aromatic carbocycles. The molecule has 2 heterocycles. The Morgan fingerprint density at radius 3 is 2.49 bits per heavy atom. The molecule has 5 atom stereocenters. The zero-order valence-corrected chi connectivity index (χ0v) is 22.7. The Morgan fingerprint density at radius 1 is 1.08 bits per heavy atom. The second-order valence-electron chi connectivity index (χ2n) is 11.6. The number of methoxy groups -OCH3 is 2. The van der Waals surface area contributed by atoms with E-state index in [2.05, 4.69) is 24.1 Å². The number of ether oxygens (including phenoxy) is 5. The summed E-state index contributed by atoms with van der Waals surface area (Å²) in [5.41, 5.74) is 0.924. The van der Waals surface area contributed by atoms with Gasteiger partial charge in [-0.1, -0.05) is 19.2 Å². The Balaban J connectivity index is 1.37. The second kappa shape index (κ2) is 9.64. The molecule has 9 nitrogen and oxygen atoms in total. The first kappa shape index (κ1) is 26.3. The van der Waals surface area contributed by atoms with Gasteiger partial charge in [0.15, 0.2) is 11.5 Å². The maximum Gasteiger partial charge on any atom is 0.336 e. The monoisotopic (exact) mass is 539 g/mol. The Hall–Kier alpha value is -2.88. The van der Waals surface area contributed by atoms with Crippen molar-refractivity contribution in [3.63, 3.8) is 0 Å². The minimum Gasteiger partial charge on any atom is -0.485 e. The maximum absolute atomic E-state index is 12.7. The van der Waals surface area contributed by atoms with Crippen LogP contribution in [0, 0.1) is 5.92 Å². The number of hydrogen-bond acceptors (Lipinski definition) is 9. The molecule has 2 saturated carbocycles. The molecule has 1 saturated heterocycles. The molecule has 210 valence electrons. The minimum atomic E-state index is -0.990. The third-order valence-electron chi connectivity index (χ3n) is 9.51. The molecule has 39 heavy (non-hydrogen) atoms. The first-order valence-electron chi connectivity index (χ1n) is 13.8. The molecule has 2 bridgehead atoms. The predicted molar refractivity (Wildman–Crippen MR) is 141 cm³/mol. The lowest BCUT2D eigenvalue weighted by molar-refractivity contribution is -0.214. The first-order chi connectivity index (χ1) is 18.7. The number of hydrogen-bond donors (Lipinski definition) is 1. The molecule has 1 spiro atoms. The summed E-state index contributed by atoms with van der Waals surface area (Å²) < 4.78 is 28.6. The molecule has 6 rings (SSSR count). The molecule has 0 unspecified atom stereocenters. The van der Waals surface area contributed by atoms with Crippen molar-refractivity contribution in [2.24, 2.45) is 5.92 Å². The standard InChI is InChI=1S/C30H37NO8/c1-17(27(32)35-3)15-37-21-8-7-20-13-23-30(34)10-9-22(38-16-18(2)28(33)36-4)26-29(30,24(20)25(21)39-26)11-12-31(23)14-19-5-6-19/h7-8,19,22-23,26,34H,1-2,5-6,9-16H2,3-4H3/t22-,23-,26+,29+,30-/m1/s1. The van der Waals surface area contributed by atoms with Gasteiger partial charge < -0.3 is 28.8 Å². The molecule has 0 aromatic heterocycles. The fraction of sp³-hybridized carbons (Fsp3) is 0.600. The summed E-state index contributed by atoms with van der Waals surface area (Å²) in [6, 6.07) is 3.94. The molecule has 0 radical (unpaired) electrons. The van der Waals surface area contributed by atoms with Crippen LogP contribution >= 0.6 is 0 Å². The van der Waals surface area contributed by atoms with Gasteiger partial charge in [-0.2, -0.15) is 0 Å². The molecular formula is C30H37NO8. The van der Waals surface area contributed by atoms with Gasteiger partial charge in [0.25, 0.3) is 0 Å². The van der Waals surface area contributed by atoms with Gasteiger partial charge in [-0.05, 0) is 62.6 Å². The lowest BCUT2D eigenvalue weighted by atomic mass is 9.48. The average Bonchev–Trinajstić information content (AvgIpc) is 3.69. The fourth-order valence-corrected chi connectivity index (χ4v) is 7.49. The number of rotatable bonds is 10. The quantitative estimate of drug-likeness (QED) is 0.355. The highest BCUT2D eigenvalue weighted by Gasteiger charge is 2.73. The SMILES string of the molecule is C=C(COc1ccc2c3c1O[C@H]1[C@H](OCC(=C)C(=O)OC)CC[C@@]4(O)[C@@H](C2)N(CC2CC2)CC[C@]314)C(=O)OC. The van der Waals surface area contributed by atoms with Gasteiger partial charge in [0.1, 0.15) is 12.7 Å². The van der Waals surface area contributed by atoms with E-state index in [0.717, 1.165) is 43.0 Å². The number of likely N-dealkylation sites (tertiary alicyclic amines) is 1. The largest absolute Gasteiger partial charge is 0.485 e. The number of esters is 2. The fourth-order valence-electron chi connectivity index (χ4n) is 7.49. The van der Waals surface area contributed by atoms with Crippen LogP contribution in [0.2, 0.25) is 0 Å². The highest BCUT2D eigenvalue weighted by atomic mass is 16.6. The summed E-state index contributed by atoms with van der Waals surface area (Å²) in [5, 5.41) is 12.7. The summed E-state index contributed by atoms with van der Waals surface area (Å²) >= 11 is 0. The summed E-state index contributed by atoms with van der Waals surface area (Å²) in [6.07, 6.45) is 4.32. The van der Waals surface area contributed by atoms with Crippen molar-refractivity contribution in [2.75, 3.05) is 40.5 Å². The number of piperidine rings is 1. The number of aliphatic hydroxyl groups is 1. The van der Waals surface area contributed by atoms with E-state index in [1.54, 1.807) is 0 Å². The van der Waals surface area contributed by atoms with Gasteiger partial charge in [0, 0.05) is 18.2 Å². The van der Waals surface area contributed by atoms with Crippen LogP contribution in [0.5, 0.6) is 11.5 Å². The van der Waals surface area contributed by atoms with Crippen molar-refractivity contribution in [1.82, 2.24) is 4.90 Å². The highest BCUT2D eigenvalue weighted by Crippen LogP contribution is 2.66. The minimum absolute atomic E-state index is 0.00625. The van der Waals surface area contributed by atoms with Crippen LogP contribution in [0.15, 0.2) is 36.4 Å². The van der Waals surface area contributed by atoms with E-state index in [-0.39, 0.29) is 36.5 Å². The van der Waals surface area contributed by atoms with Gasteiger partial charge in [-0.3, -0.25) is 4.90 Å². The van der Waals surface area contributed by atoms with Crippen molar-refractivity contribution in [2.45, 2.75) is 67.8 Å². The van der Waals surface area contributed by atoms with E-state index in [1.165, 1.54) is 27.1 Å². The average molecular weight is 540 g/mol. The molecule has 1 N–H and O–H groups in total. The Bertz CT molecular complexity index is 1220. The first-order valence-corrected chi connectivity index (χ1v) is 13.8. The molecular weight excluding hydrogens is 502 g/mol.